The standard InChI is InChI=1S/C23H20N2O6/c1-15(26)17-8-10-18(11-9-17)24-23(27)19-12-21(30-2)22(13-20(19)25(28)29)31-14-16-6-4-3-5-7-16/h3-13H,14H2,1-2H3,(H,24,27). The van der Waals surface area contributed by atoms with Gasteiger partial charge in [0.15, 0.2) is 17.3 Å². The number of hydrogen-bond donors (Lipinski definition) is 1. The van der Waals surface area contributed by atoms with Gasteiger partial charge in [-0.1, -0.05) is 30.3 Å². The average molecular weight is 420 g/mol. The molecule has 31 heavy (non-hydrogen) atoms. The summed E-state index contributed by atoms with van der Waals surface area (Å²) in [4.78, 5) is 35.1. The first-order valence-electron chi connectivity index (χ1n) is 9.34. The predicted octanol–water partition coefficient (Wildman–Crippen LogP) is 4.64. The highest BCUT2D eigenvalue weighted by Gasteiger charge is 2.25. The second-order valence-corrected chi connectivity index (χ2v) is 6.64. The third kappa shape index (κ3) is 5.24. The van der Waals surface area contributed by atoms with Crippen molar-refractivity contribution < 1.29 is 24.0 Å². The summed E-state index contributed by atoms with van der Waals surface area (Å²) >= 11 is 0. The first-order valence-corrected chi connectivity index (χ1v) is 9.34. The number of carbonyl (C=O) groups excluding carboxylic acids is 2. The van der Waals surface area contributed by atoms with Crippen molar-refractivity contribution in [2.75, 3.05) is 12.4 Å². The van der Waals surface area contributed by atoms with Crippen LogP contribution in [-0.4, -0.2) is 23.7 Å². The molecule has 8 heteroatoms. The molecule has 0 fully saturated rings. The molecule has 0 aliphatic carbocycles. The summed E-state index contributed by atoms with van der Waals surface area (Å²) in [5.74, 6) is -0.446. The summed E-state index contributed by atoms with van der Waals surface area (Å²) in [6.07, 6.45) is 0. The molecular formula is C23H20N2O6. The number of nitrogens with zero attached hydrogens (tertiary/aromatic N) is 1. The van der Waals surface area contributed by atoms with Gasteiger partial charge in [-0.3, -0.25) is 19.7 Å². The number of methoxy groups -OCH3 is 1. The SMILES string of the molecule is COc1cc(C(=O)Nc2ccc(C(C)=O)cc2)c([N+](=O)[O-])cc1OCc1ccccc1. The highest BCUT2D eigenvalue weighted by molar-refractivity contribution is 6.07. The maximum atomic E-state index is 12.7. The zero-order chi connectivity index (χ0) is 22.4. The Morgan fingerprint density at radius 2 is 1.68 bits per heavy atom. The van der Waals surface area contributed by atoms with E-state index in [4.69, 9.17) is 9.47 Å². The minimum absolute atomic E-state index is 0.107. The number of hydrogen-bond acceptors (Lipinski definition) is 6. The summed E-state index contributed by atoms with van der Waals surface area (Å²) in [6, 6.07) is 18.0. The zero-order valence-electron chi connectivity index (χ0n) is 17.0. The van der Waals surface area contributed by atoms with Gasteiger partial charge in [0.2, 0.25) is 0 Å². The fourth-order valence-corrected chi connectivity index (χ4v) is 2.88. The van der Waals surface area contributed by atoms with Crippen LogP contribution in [0.4, 0.5) is 11.4 Å². The number of nitro benzene ring substituents is 1. The number of Topliss-reactive ketones (excluding diaryl/α,β-unsaturated/α-hetero) is 1. The van der Waals surface area contributed by atoms with Crippen LogP contribution in [0.25, 0.3) is 0 Å². The summed E-state index contributed by atoms with van der Waals surface area (Å²) in [5, 5.41) is 14.2. The molecule has 3 aromatic rings. The molecule has 0 spiro atoms. The van der Waals surface area contributed by atoms with Crippen LogP contribution >= 0.6 is 0 Å². The summed E-state index contributed by atoms with van der Waals surface area (Å²) in [6.45, 7) is 1.62. The summed E-state index contributed by atoms with van der Waals surface area (Å²) in [5.41, 5.74) is 1.17. The van der Waals surface area contributed by atoms with Gasteiger partial charge in [-0.05, 0) is 36.8 Å². The molecule has 8 nitrogen and oxygen atoms in total. The Hall–Kier alpha value is -4.20. The van der Waals surface area contributed by atoms with Crippen molar-refractivity contribution in [1.82, 2.24) is 0 Å². The summed E-state index contributed by atoms with van der Waals surface area (Å²) in [7, 11) is 1.39. The predicted molar refractivity (Wildman–Crippen MR) is 115 cm³/mol. The number of rotatable bonds is 8. The Kier molecular flexibility index (Phi) is 6.61. The molecule has 3 aromatic carbocycles. The van der Waals surface area contributed by atoms with Gasteiger partial charge in [0.25, 0.3) is 11.6 Å². The molecule has 1 amide bonds. The maximum Gasteiger partial charge on any atom is 0.286 e. The van der Waals surface area contributed by atoms with Crippen molar-refractivity contribution in [2.24, 2.45) is 0 Å². The molecule has 0 saturated heterocycles. The average Bonchev–Trinajstić information content (AvgIpc) is 2.78. The fraction of sp³-hybridized carbons (Fsp3) is 0.130. The van der Waals surface area contributed by atoms with E-state index in [0.29, 0.717) is 11.3 Å². The van der Waals surface area contributed by atoms with Crippen LogP contribution in [0.5, 0.6) is 11.5 Å². The highest BCUT2D eigenvalue weighted by Crippen LogP contribution is 2.35. The molecule has 0 aromatic heterocycles. The van der Waals surface area contributed by atoms with Crippen molar-refractivity contribution in [3.8, 4) is 11.5 Å². The lowest BCUT2D eigenvalue weighted by atomic mass is 10.1. The largest absolute Gasteiger partial charge is 0.493 e. The van der Waals surface area contributed by atoms with E-state index >= 15 is 0 Å². The van der Waals surface area contributed by atoms with E-state index in [-0.39, 0.29) is 29.5 Å². The molecule has 0 atom stereocenters. The number of anilines is 1. The molecule has 0 radical (unpaired) electrons. The lowest BCUT2D eigenvalue weighted by molar-refractivity contribution is -0.385. The van der Waals surface area contributed by atoms with Gasteiger partial charge in [0.05, 0.1) is 18.1 Å². The lowest BCUT2D eigenvalue weighted by Gasteiger charge is -2.13. The number of carbonyl (C=O) groups is 2. The topological polar surface area (TPSA) is 108 Å². The molecule has 0 unspecified atom stereocenters. The van der Waals surface area contributed by atoms with Crippen molar-refractivity contribution >= 4 is 23.1 Å². The molecular weight excluding hydrogens is 400 g/mol. The van der Waals surface area contributed by atoms with Gasteiger partial charge in [-0.15, -0.1) is 0 Å². The van der Waals surface area contributed by atoms with Gasteiger partial charge >= 0.3 is 0 Å². The Morgan fingerprint density at radius 1 is 1.00 bits per heavy atom. The van der Waals surface area contributed by atoms with Crippen LogP contribution in [-0.2, 0) is 6.61 Å². The second kappa shape index (κ2) is 9.53. The first kappa shape index (κ1) is 21.5. The van der Waals surface area contributed by atoms with Gasteiger partial charge in [0, 0.05) is 17.3 Å². The zero-order valence-corrected chi connectivity index (χ0v) is 17.0. The van der Waals surface area contributed by atoms with Crippen LogP contribution < -0.4 is 14.8 Å². The molecule has 0 heterocycles. The number of ether oxygens (including phenoxy) is 2. The van der Waals surface area contributed by atoms with Crippen LogP contribution in [0.3, 0.4) is 0 Å². The quantitative estimate of drug-likeness (QED) is 0.323. The van der Waals surface area contributed by atoms with E-state index in [0.717, 1.165) is 5.56 Å². The van der Waals surface area contributed by atoms with E-state index in [9.17, 15) is 19.7 Å². The summed E-state index contributed by atoms with van der Waals surface area (Å²) < 4.78 is 11.0. The van der Waals surface area contributed by atoms with E-state index < -0.39 is 16.5 Å². The molecule has 1 N–H and O–H groups in total. The minimum atomic E-state index is -0.685. The Balaban J connectivity index is 1.87. The molecule has 0 saturated carbocycles. The van der Waals surface area contributed by atoms with E-state index in [1.807, 2.05) is 30.3 Å². The van der Waals surface area contributed by atoms with Gasteiger partial charge in [-0.25, -0.2) is 0 Å². The molecule has 3 rings (SSSR count). The first-order chi connectivity index (χ1) is 14.9. The number of nitrogens with one attached hydrogen (secondary N) is 1. The minimum Gasteiger partial charge on any atom is -0.493 e. The Morgan fingerprint density at radius 3 is 2.26 bits per heavy atom. The lowest BCUT2D eigenvalue weighted by Crippen LogP contribution is -2.14. The monoisotopic (exact) mass is 420 g/mol. The Labute approximate surface area is 178 Å². The van der Waals surface area contributed by atoms with E-state index in [1.54, 1.807) is 24.3 Å². The Bertz CT molecular complexity index is 1110. The number of nitro groups is 1. The van der Waals surface area contributed by atoms with E-state index in [2.05, 4.69) is 5.32 Å². The third-order valence-corrected chi connectivity index (χ3v) is 4.51. The molecule has 0 bridgehead atoms. The number of amides is 1. The number of benzene rings is 3. The van der Waals surface area contributed by atoms with Crippen molar-refractivity contribution in [1.29, 1.82) is 0 Å². The van der Waals surface area contributed by atoms with Crippen molar-refractivity contribution in [3.63, 3.8) is 0 Å². The smallest absolute Gasteiger partial charge is 0.286 e. The van der Waals surface area contributed by atoms with Crippen LogP contribution in [0.2, 0.25) is 0 Å². The third-order valence-electron chi connectivity index (χ3n) is 4.51. The van der Waals surface area contributed by atoms with Crippen molar-refractivity contribution in [3.05, 3.63) is 93.5 Å². The van der Waals surface area contributed by atoms with E-state index in [1.165, 1.54) is 26.2 Å². The fourth-order valence-electron chi connectivity index (χ4n) is 2.88. The van der Waals surface area contributed by atoms with Crippen LogP contribution in [0.15, 0.2) is 66.7 Å². The highest BCUT2D eigenvalue weighted by atomic mass is 16.6. The van der Waals surface area contributed by atoms with Crippen LogP contribution in [0, 0.1) is 10.1 Å². The van der Waals surface area contributed by atoms with Gasteiger partial charge in [0.1, 0.15) is 12.2 Å². The van der Waals surface area contributed by atoms with Gasteiger partial charge < -0.3 is 14.8 Å². The molecule has 0 aliphatic heterocycles. The second-order valence-electron chi connectivity index (χ2n) is 6.64. The molecule has 0 aliphatic rings. The number of ketones is 1. The maximum absolute atomic E-state index is 12.7. The normalized spacial score (nSPS) is 10.3. The molecule has 158 valence electrons. The van der Waals surface area contributed by atoms with Gasteiger partial charge in [-0.2, -0.15) is 0 Å². The van der Waals surface area contributed by atoms with Crippen LogP contribution in [0.1, 0.15) is 33.2 Å². The van der Waals surface area contributed by atoms with Crippen molar-refractivity contribution in [2.45, 2.75) is 13.5 Å².